The van der Waals surface area contributed by atoms with Crippen LogP contribution < -0.4 is 0 Å². The van der Waals surface area contributed by atoms with Crippen LogP contribution in [0.5, 0.6) is 0 Å². The molecule has 0 aromatic heterocycles. The van der Waals surface area contributed by atoms with Crippen LogP contribution >= 0.6 is 0 Å². The first-order valence-electron chi connectivity index (χ1n) is 15.4. The van der Waals surface area contributed by atoms with E-state index in [0.29, 0.717) is 36.3 Å². The zero-order valence-electron chi connectivity index (χ0n) is 25.2. The fourth-order valence-electron chi connectivity index (χ4n) is 7.53. The van der Waals surface area contributed by atoms with Gasteiger partial charge >= 0.3 is 5.97 Å². The van der Waals surface area contributed by atoms with Crippen molar-refractivity contribution in [3.8, 4) is 0 Å². The maximum Gasteiger partial charge on any atom is 0.316 e. The molecule has 8 nitrogen and oxygen atoms in total. The summed E-state index contributed by atoms with van der Waals surface area (Å²) in [7, 11) is 1.52. The van der Waals surface area contributed by atoms with Gasteiger partial charge in [-0.15, -0.1) is 0 Å². The van der Waals surface area contributed by atoms with E-state index in [0.717, 1.165) is 25.7 Å². The molecule has 2 N–H and O–H groups in total. The molecule has 10 atom stereocenters. The van der Waals surface area contributed by atoms with Crippen LogP contribution in [0.2, 0.25) is 0 Å². The van der Waals surface area contributed by atoms with E-state index in [4.69, 9.17) is 23.7 Å². The van der Waals surface area contributed by atoms with Crippen molar-refractivity contribution in [3.63, 3.8) is 0 Å². The molecule has 5 rings (SSSR count). The summed E-state index contributed by atoms with van der Waals surface area (Å²) in [5.74, 6) is -1.67. The Morgan fingerprint density at radius 3 is 2.73 bits per heavy atom. The number of ether oxygens (including phenoxy) is 5. The van der Waals surface area contributed by atoms with E-state index in [1.807, 2.05) is 12.2 Å². The minimum Gasteiger partial charge on any atom is -0.462 e. The van der Waals surface area contributed by atoms with Crippen LogP contribution in [0, 0.1) is 17.8 Å². The van der Waals surface area contributed by atoms with Gasteiger partial charge in [-0.2, -0.15) is 0 Å². The summed E-state index contributed by atoms with van der Waals surface area (Å²) in [6, 6.07) is 0. The van der Waals surface area contributed by atoms with Gasteiger partial charge in [-0.25, -0.2) is 0 Å². The number of methoxy groups -OCH3 is 1. The van der Waals surface area contributed by atoms with Crippen molar-refractivity contribution in [2.24, 2.45) is 17.8 Å². The van der Waals surface area contributed by atoms with Crippen molar-refractivity contribution in [1.82, 2.24) is 0 Å². The Bertz CT molecular complexity index is 1090. The Kier molecular flexibility index (Phi) is 9.29. The number of carbonyl (C=O) groups is 1. The third-order valence-electron chi connectivity index (χ3n) is 9.78. The van der Waals surface area contributed by atoms with Gasteiger partial charge in [0.25, 0.3) is 0 Å². The molecule has 0 radical (unpaired) electrons. The first-order valence-corrected chi connectivity index (χ1v) is 15.4. The average Bonchev–Trinajstić information content (AvgIpc) is 3.28. The van der Waals surface area contributed by atoms with Gasteiger partial charge < -0.3 is 33.9 Å². The van der Waals surface area contributed by atoms with Gasteiger partial charge in [-0.3, -0.25) is 4.79 Å². The smallest absolute Gasteiger partial charge is 0.316 e. The van der Waals surface area contributed by atoms with Crippen molar-refractivity contribution in [3.05, 3.63) is 47.1 Å². The molecule has 5 aliphatic rings. The van der Waals surface area contributed by atoms with Crippen LogP contribution in [0.15, 0.2) is 47.1 Å². The van der Waals surface area contributed by atoms with Crippen LogP contribution in [-0.2, 0) is 28.5 Å². The number of aliphatic hydroxyl groups excluding tert-OH is 1. The lowest BCUT2D eigenvalue weighted by molar-refractivity contribution is -0.335. The first-order chi connectivity index (χ1) is 19.6. The number of esters is 1. The Morgan fingerprint density at radius 2 is 2.00 bits per heavy atom. The van der Waals surface area contributed by atoms with E-state index in [1.54, 1.807) is 6.08 Å². The van der Waals surface area contributed by atoms with Crippen LogP contribution in [0.3, 0.4) is 0 Å². The summed E-state index contributed by atoms with van der Waals surface area (Å²) in [4.78, 5) is 14.0. The molecule has 228 valence electrons. The quantitative estimate of drug-likeness (QED) is 0.375. The Labute approximate surface area is 244 Å². The molecule has 8 heteroatoms. The SMILES string of the molecule is CCC1OC2(CCC1C)CC1CC(CC=C(C)CC(C)C=CC=C3COC4C(OC)C(CO)=CC(C(=O)O1)C34O)O2. The van der Waals surface area contributed by atoms with E-state index in [-0.39, 0.29) is 31.3 Å². The zero-order chi connectivity index (χ0) is 29.4. The predicted octanol–water partition coefficient (Wildman–Crippen LogP) is 4.55. The van der Waals surface area contributed by atoms with Crippen LogP contribution in [0.1, 0.15) is 72.6 Å². The highest BCUT2D eigenvalue weighted by molar-refractivity contribution is 5.78. The van der Waals surface area contributed by atoms with Crippen LogP contribution in [0.4, 0.5) is 0 Å². The van der Waals surface area contributed by atoms with Gasteiger partial charge in [-0.05, 0) is 55.6 Å². The summed E-state index contributed by atoms with van der Waals surface area (Å²) in [5.41, 5.74) is 0.715. The van der Waals surface area contributed by atoms with Gasteiger partial charge in [-0.1, -0.05) is 56.7 Å². The number of rotatable bonds is 3. The topological polar surface area (TPSA) is 104 Å². The fourth-order valence-corrected chi connectivity index (χ4v) is 7.53. The highest BCUT2D eigenvalue weighted by Crippen LogP contribution is 2.48. The summed E-state index contributed by atoms with van der Waals surface area (Å²) >= 11 is 0. The molecular weight excluding hydrogens is 524 g/mol. The van der Waals surface area contributed by atoms with E-state index in [2.05, 4.69) is 39.8 Å². The monoisotopic (exact) mass is 572 g/mol. The Morgan fingerprint density at radius 1 is 1.20 bits per heavy atom. The van der Waals surface area contributed by atoms with E-state index < -0.39 is 41.6 Å². The molecule has 3 saturated heterocycles. The molecule has 3 fully saturated rings. The number of allylic oxidation sites excluding steroid dienone is 4. The number of fused-ring (bicyclic) bond motifs is 2. The molecule has 2 bridgehead atoms. The van der Waals surface area contributed by atoms with Crippen molar-refractivity contribution in [2.45, 2.75) is 115 Å². The molecule has 0 saturated carbocycles. The highest BCUT2D eigenvalue weighted by atomic mass is 16.7. The maximum absolute atomic E-state index is 14.0. The third kappa shape index (κ3) is 6.01. The van der Waals surface area contributed by atoms with Crippen LogP contribution in [-0.4, -0.2) is 78.4 Å². The standard InChI is InChI=1S/C33H48O8/c1-6-28-22(4)12-13-32(41-28)17-26-16-25(40-32)11-10-21(3)14-20(2)8-7-9-24-19-38-30-29(37-5)23(18-34)15-27(31(35)39-26)33(24,30)36/h7-10,15,20,22,25-30,34,36H,6,11-14,16-19H2,1-5H3. The molecule has 4 aliphatic heterocycles. The summed E-state index contributed by atoms with van der Waals surface area (Å²) in [6.45, 7) is 8.51. The van der Waals surface area contributed by atoms with Gasteiger partial charge in [0, 0.05) is 26.4 Å². The second kappa shape index (κ2) is 12.4. The predicted molar refractivity (Wildman–Crippen MR) is 154 cm³/mol. The molecule has 0 aromatic rings. The minimum absolute atomic E-state index is 0.0887. The van der Waals surface area contributed by atoms with Crippen LogP contribution in [0.25, 0.3) is 0 Å². The lowest BCUT2D eigenvalue weighted by Crippen LogP contribution is -2.59. The largest absolute Gasteiger partial charge is 0.462 e. The number of hydrogen-bond acceptors (Lipinski definition) is 8. The number of aliphatic hydroxyl groups is 2. The van der Waals surface area contributed by atoms with E-state index in [9.17, 15) is 15.0 Å². The average molecular weight is 573 g/mol. The van der Waals surface area contributed by atoms with Crippen molar-refractivity contribution >= 4 is 5.97 Å². The van der Waals surface area contributed by atoms with Crippen molar-refractivity contribution in [2.75, 3.05) is 20.3 Å². The van der Waals surface area contributed by atoms with E-state index in [1.165, 1.54) is 12.7 Å². The van der Waals surface area contributed by atoms with E-state index >= 15 is 0 Å². The molecule has 41 heavy (non-hydrogen) atoms. The first kappa shape index (κ1) is 30.6. The van der Waals surface area contributed by atoms with Crippen molar-refractivity contribution < 1.29 is 38.7 Å². The molecule has 0 amide bonds. The van der Waals surface area contributed by atoms with Crippen molar-refractivity contribution in [1.29, 1.82) is 0 Å². The maximum atomic E-state index is 14.0. The summed E-state index contributed by atoms with van der Waals surface area (Å²) < 4.78 is 31.3. The van der Waals surface area contributed by atoms with Gasteiger partial charge in [0.15, 0.2) is 5.79 Å². The minimum atomic E-state index is -1.66. The fraction of sp³-hybridized carbons (Fsp3) is 0.727. The molecule has 10 unspecified atom stereocenters. The summed E-state index contributed by atoms with van der Waals surface area (Å²) in [5, 5.41) is 22.4. The Hall–Kier alpha value is -1.81. The molecule has 1 aliphatic carbocycles. The number of hydrogen-bond donors (Lipinski definition) is 2. The Balaban J connectivity index is 1.53. The lowest BCUT2D eigenvalue weighted by atomic mass is 9.70. The second-order valence-corrected chi connectivity index (χ2v) is 12.9. The molecule has 0 aromatic carbocycles. The number of carbonyl (C=O) groups excluding carboxylic acids is 1. The normalized spacial score (nSPS) is 43.6. The summed E-state index contributed by atoms with van der Waals surface area (Å²) in [6.07, 6.45) is 13.0. The van der Waals surface area contributed by atoms with Gasteiger partial charge in [0.05, 0.1) is 25.4 Å². The second-order valence-electron chi connectivity index (χ2n) is 12.9. The third-order valence-corrected chi connectivity index (χ3v) is 9.78. The zero-order valence-corrected chi connectivity index (χ0v) is 25.2. The van der Waals surface area contributed by atoms with Gasteiger partial charge in [0.1, 0.15) is 29.8 Å². The lowest BCUT2D eigenvalue weighted by Gasteiger charge is -2.50. The molecule has 1 spiro atoms. The van der Waals surface area contributed by atoms with Gasteiger partial charge in [0.2, 0.25) is 0 Å². The molecule has 4 heterocycles. The highest BCUT2D eigenvalue weighted by Gasteiger charge is 2.61. The molecular formula is C33H48O8.